The molecule has 0 aliphatic rings. The average Bonchev–Trinajstić information content (AvgIpc) is 3.07. The van der Waals surface area contributed by atoms with Gasteiger partial charge in [0.25, 0.3) is 0 Å². The first-order valence-corrected chi connectivity index (χ1v) is 8.53. The number of thiophene rings is 1. The van der Waals surface area contributed by atoms with Crippen LogP contribution in [0.2, 0.25) is 0 Å². The Labute approximate surface area is 164 Å². The van der Waals surface area contributed by atoms with Gasteiger partial charge in [-0.2, -0.15) is 0 Å². The van der Waals surface area contributed by atoms with E-state index in [9.17, 15) is 0 Å². The van der Waals surface area contributed by atoms with Crippen LogP contribution in [0.5, 0.6) is 11.5 Å². The molecular weight excluding hydrogens is 437 g/mol. The zero-order valence-electron chi connectivity index (χ0n) is 14.2. The second-order valence-corrected chi connectivity index (χ2v) is 5.73. The summed E-state index contributed by atoms with van der Waals surface area (Å²) in [5, 5.41) is 8.60. The fourth-order valence-corrected chi connectivity index (χ4v) is 2.65. The second-order valence-electron chi connectivity index (χ2n) is 4.70. The highest BCUT2D eigenvalue weighted by atomic mass is 127. The smallest absolute Gasteiger partial charge is 0.196 e. The van der Waals surface area contributed by atoms with E-state index in [0.717, 1.165) is 23.9 Å². The Morgan fingerprint density at radius 3 is 2.67 bits per heavy atom. The number of benzene rings is 1. The molecule has 0 radical (unpaired) electrons. The van der Waals surface area contributed by atoms with Crippen molar-refractivity contribution in [1.29, 1.82) is 0 Å². The topological polar surface area (TPSA) is 54.9 Å². The number of halogens is 1. The lowest BCUT2D eigenvalue weighted by molar-refractivity contribution is 0.311. The van der Waals surface area contributed by atoms with Crippen LogP contribution >= 0.6 is 35.3 Å². The zero-order valence-corrected chi connectivity index (χ0v) is 17.3. The molecule has 0 unspecified atom stereocenters. The third-order valence-corrected chi connectivity index (χ3v) is 3.90. The molecule has 2 rings (SSSR count). The van der Waals surface area contributed by atoms with E-state index >= 15 is 0 Å². The first kappa shape index (κ1) is 20.6. The highest BCUT2D eigenvalue weighted by molar-refractivity contribution is 14.0. The predicted molar refractivity (Wildman–Crippen MR) is 112 cm³/mol. The number of hydrogen-bond acceptors (Lipinski definition) is 4. The number of nitrogens with one attached hydrogen (secondary N) is 2. The molecule has 24 heavy (non-hydrogen) atoms. The summed E-state index contributed by atoms with van der Waals surface area (Å²) in [4.78, 5) is 5.83. The lowest BCUT2D eigenvalue weighted by atomic mass is 10.2. The maximum Gasteiger partial charge on any atom is 0.196 e. The fourth-order valence-electron chi connectivity index (χ4n) is 2.03. The van der Waals surface area contributed by atoms with E-state index in [1.165, 1.54) is 4.88 Å². The average molecular weight is 461 g/mol. The quantitative estimate of drug-likeness (QED) is 0.366. The molecule has 0 atom stereocenters. The number of hydrogen-bond donors (Lipinski definition) is 2. The molecule has 7 heteroatoms. The van der Waals surface area contributed by atoms with Gasteiger partial charge in [-0.3, -0.25) is 0 Å². The lowest BCUT2D eigenvalue weighted by Gasteiger charge is -2.14. The molecular formula is C17H24IN3O2S. The number of nitrogens with zero attached hydrogens (tertiary/aromatic N) is 1. The molecule has 1 aromatic carbocycles. The van der Waals surface area contributed by atoms with Gasteiger partial charge in [-0.15, -0.1) is 35.3 Å². The van der Waals surface area contributed by atoms with Gasteiger partial charge >= 0.3 is 0 Å². The Hall–Kier alpha value is -1.48. The lowest BCUT2D eigenvalue weighted by Crippen LogP contribution is -2.30. The summed E-state index contributed by atoms with van der Waals surface area (Å²) in [7, 11) is 1.64. The van der Waals surface area contributed by atoms with E-state index < -0.39 is 0 Å². The summed E-state index contributed by atoms with van der Waals surface area (Å²) in [6.45, 7) is 6.03. The summed E-state index contributed by atoms with van der Waals surface area (Å²) in [6, 6.07) is 9.86. The Morgan fingerprint density at radius 1 is 1.21 bits per heavy atom. The van der Waals surface area contributed by atoms with Gasteiger partial charge in [0.2, 0.25) is 0 Å². The van der Waals surface area contributed by atoms with E-state index in [0.29, 0.717) is 18.9 Å². The summed E-state index contributed by atoms with van der Waals surface area (Å²) in [5.74, 6) is 2.18. The van der Waals surface area contributed by atoms with Crippen LogP contribution in [0.4, 0.5) is 5.69 Å². The van der Waals surface area contributed by atoms with Crippen molar-refractivity contribution in [2.45, 2.75) is 20.4 Å². The van der Waals surface area contributed by atoms with E-state index in [1.807, 2.05) is 38.1 Å². The van der Waals surface area contributed by atoms with Crippen molar-refractivity contribution in [3.8, 4) is 11.5 Å². The van der Waals surface area contributed by atoms with Gasteiger partial charge in [0.15, 0.2) is 17.5 Å². The minimum absolute atomic E-state index is 0. The van der Waals surface area contributed by atoms with E-state index in [-0.39, 0.29) is 24.0 Å². The Balaban J connectivity index is 0.00000288. The molecule has 132 valence electrons. The SMILES string of the molecule is CCNC(=NCc1cccs1)Nc1ccc(OC)c(OCC)c1.I. The van der Waals surface area contributed by atoms with Crippen LogP contribution in [0.3, 0.4) is 0 Å². The van der Waals surface area contributed by atoms with E-state index in [4.69, 9.17) is 9.47 Å². The van der Waals surface area contributed by atoms with Crippen LogP contribution in [0, 0.1) is 0 Å². The molecule has 0 saturated carbocycles. The van der Waals surface area contributed by atoms with Crippen molar-refractivity contribution >= 4 is 47.0 Å². The molecule has 0 amide bonds. The molecule has 0 aliphatic heterocycles. The van der Waals surface area contributed by atoms with Gasteiger partial charge in [0.05, 0.1) is 20.3 Å². The molecule has 2 N–H and O–H groups in total. The molecule has 0 spiro atoms. The first-order valence-electron chi connectivity index (χ1n) is 7.65. The fraction of sp³-hybridized carbons (Fsp3) is 0.353. The van der Waals surface area contributed by atoms with Crippen molar-refractivity contribution in [2.24, 2.45) is 4.99 Å². The number of ether oxygens (including phenoxy) is 2. The van der Waals surface area contributed by atoms with Crippen LogP contribution in [-0.2, 0) is 6.54 Å². The Bertz CT molecular complexity index is 633. The van der Waals surface area contributed by atoms with Gasteiger partial charge in [-0.05, 0) is 37.4 Å². The number of anilines is 1. The molecule has 0 saturated heterocycles. The number of guanidine groups is 1. The van der Waals surface area contributed by atoms with Crippen molar-refractivity contribution in [3.63, 3.8) is 0 Å². The molecule has 1 heterocycles. The minimum Gasteiger partial charge on any atom is -0.493 e. The first-order chi connectivity index (χ1) is 11.3. The number of rotatable bonds is 7. The minimum atomic E-state index is 0. The molecule has 0 fully saturated rings. The highest BCUT2D eigenvalue weighted by Gasteiger charge is 2.07. The van der Waals surface area contributed by atoms with Gasteiger partial charge in [0, 0.05) is 23.2 Å². The molecule has 5 nitrogen and oxygen atoms in total. The van der Waals surface area contributed by atoms with Crippen molar-refractivity contribution in [1.82, 2.24) is 5.32 Å². The van der Waals surface area contributed by atoms with Gasteiger partial charge < -0.3 is 20.1 Å². The maximum atomic E-state index is 5.61. The maximum absolute atomic E-state index is 5.61. The normalized spacial score (nSPS) is 10.7. The summed E-state index contributed by atoms with van der Waals surface area (Å²) in [5.41, 5.74) is 0.903. The van der Waals surface area contributed by atoms with Crippen LogP contribution in [0.25, 0.3) is 0 Å². The van der Waals surface area contributed by atoms with Gasteiger partial charge in [0.1, 0.15) is 0 Å². The Kier molecular flexibility index (Phi) is 9.55. The van der Waals surface area contributed by atoms with Crippen molar-refractivity contribution < 1.29 is 9.47 Å². The van der Waals surface area contributed by atoms with Crippen LogP contribution < -0.4 is 20.1 Å². The Morgan fingerprint density at radius 2 is 2.04 bits per heavy atom. The summed E-state index contributed by atoms with van der Waals surface area (Å²) >= 11 is 1.70. The van der Waals surface area contributed by atoms with Crippen molar-refractivity contribution in [2.75, 3.05) is 25.6 Å². The standard InChI is InChI=1S/C17H23N3O2S.HI/c1-4-18-17(19-12-14-7-6-10-23-14)20-13-8-9-15(21-3)16(11-13)22-5-2;/h6-11H,4-5,12H2,1-3H3,(H2,18,19,20);1H. The van der Waals surface area contributed by atoms with Gasteiger partial charge in [-0.25, -0.2) is 4.99 Å². The zero-order chi connectivity index (χ0) is 16.5. The molecule has 0 aliphatic carbocycles. The van der Waals surface area contributed by atoms with Gasteiger partial charge in [-0.1, -0.05) is 6.07 Å². The molecule has 1 aromatic heterocycles. The monoisotopic (exact) mass is 461 g/mol. The largest absolute Gasteiger partial charge is 0.493 e. The van der Waals surface area contributed by atoms with Crippen LogP contribution in [0.15, 0.2) is 40.7 Å². The number of methoxy groups -OCH3 is 1. The van der Waals surface area contributed by atoms with Crippen molar-refractivity contribution in [3.05, 3.63) is 40.6 Å². The van der Waals surface area contributed by atoms with Crippen LogP contribution in [-0.4, -0.2) is 26.2 Å². The van der Waals surface area contributed by atoms with E-state index in [1.54, 1.807) is 18.4 Å². The second kappa shape index (κ2) is 11.1. The molecule has 0 bridgehead atoms. The summed E-state index contributed by atoms with van der Waals surface area (Å²) in [6.07, 6.45) is 0. The predicted octanol–water partition coefficient (Wildman–Crippen LogP) is 4.35. The highest BCUT2D eigenvalue weighted by Crippen LogP contribution is 2.30. The van der Waals surface area contributed by atoms with E-state index in [2.05, 4.69) is 27.1 Å². The summed E-state index contributed by atoms with van der Waals surface area (Å²) < 4.78 is 10.9. The van der Waals surface area contributed by atoms with Crippen LogP contribution in [0.1, 0.15) is 18.7 Å². The third kappa shape index (κ3) is 6.20. The third-order valence-electron chi connectivity index (χ3n) is 3.04. The molecule has 2 aromatic rings. The number of aliphatic imine (C=N–C) groups is 1.